The molecule has 1 atom stereocenters. The minimum atomic E-state index is 0.510. The first kappa shape index (κ1) is 14.0. The maximum Gasteiger partial charge on any atom is 0.142 e. The average molecular weight is 299 g/mol. The molecule has 2 aliphatic rings. The molecular weight excluding hydrogens is 274 g/mol. The number of likely N-dealkylation sites (N-methyl/N-ethyl adjacent to an activating group) is 1. The van der Waals surface area contributed by atoms with Crippen LogP contribution in [0.1, 0.15) is 32.6 Å². The normalized spacial score (nSPS) is 23.5. The fourth-order valence-electron chi connectivity index (χ4n) is 4.08. The van der Waals surface area contributed by atoms with Gasteiger partial charge < -0.3 is 14.8 Å². The number of unbranched alkanes of at least 4 members (excludes halogenated alkanes) is 1. The van der Waals surface area contributed by atoms with Crippen molar-refractivity contribution < 1.29 is 0 Å². The lowest BCUT2D eigenvalue weighted by atomic mass is 9.99. The standard InChI is InChI=1S/C17H25N5/c1-3-4-9-22-10-14(17(11-22)6-7-17)21(2)16-13-5-8-18-15(13)19-12-20-16/h5,8,12,14H,3-4,6-7,9-11H2,1-2H3,(H,18,19,20). The highest BCUT2D eigenvalue weighted by Crippen LogP contribution is 2.55. The molecule has 1 aliphatic heterocycles. The molecular formula is C17H25N5. The Morgan fingerprint density at radius 1 is 1.41 bits per heavy atom. The summed E-state index contributed by atoms with van der Waals surface area (Å²) in [6.45, 7) is 5.96. The van der Waals surface area contributed by atoms with E-state index in [9.17, 15) is 0 Å². The predicted molar refractivity (Wildman–Crippen MR) is 89.1 cm³/mol. The summed E-state index contributed by atoms with van der Waals surface area (Å²) in [7, 11) is 2.21. The number of aromatic nitrogens is 3. The Bertz CT molecular complexity index is 660. The van der Waals surface area contributed by atoms with Crippen molar-refractivity contribution in [2.24, 2.45) is 5.41 Å². The average Bonchev–Trinajstić information content (AvgIpc) is 2.98. The van der Waals surface area contributed by atoms with Crippen LogP contribution in [0.3, 0.4) is 0 Å². The van der Waals surface area contributed by atoms with E-state index in [1.807, 2.05) is 6.20 Å². The molecule has 0 radical (unpaired) electrons. The molecule has 1 spiro atoms. The molecule has 118 valence electrons. The van der Waals surface area contributed by atoms with Crippen molar-refractivity contribution in [2.45, 2.75) is 38.6 Å². The highest BCUT2D eigenvalue weighted by molar-refractivity contribution is 5.87. The highest BCUT2D eigenvalue weighted by atomic mass is 15.3. The zero-order valence-electron chi connectivity index (χ0n) is 13.5. The summed E-state index contributed by atoms with van der Waals surface area (Å²) < 4.78 is 0. The Morgan fingerprint density at radius 2 is 2.27 bits per heavy atom. The largest absolute Gasteiger partial charge is 0.354 e. The summed E-state index contributed by atoms with van der Waals surface area (Å²) in [4.78, 5) is 17.2. The van der Waals surface area contributed by atoms with E-state index in [1.54, 1.807) is 6.33 Å². The van der Waals surface area contributed by atoms with Gasteiger partial charge in [-0.05, 0) is 31.9 Å². The van der Waals surface area contributed by atoms with Gasteiger partial charge in [-0.25, -0.2) is 9.97 Å². The topological polar surface area (TPSA) is 48.1 Å². The van der Waals surface area contributed by atoms with Crippen LogP contribution < -0.4 is 4.90 Å². The van der Waals surface area contributed by atoms with Crippen LogP contribution in [0.25, 0.3) is 11.0 Å². The maximum absolute atomic E-state index is 4.58. The Labute approximate surface area is 131 Å². The summed E-state index contributed by atoms with van der Waals surface area (Å²) in [6.07, 6.45) is 8.94. The number of nitrogens with one attached hydrogen (secondary N) is 1. The van der Waals surface area contributed by atoms with Crippen LogP contribution in [0, 0.1) is 5.41 Å². The third-order valence-corrected chi connectivity index (χ3v) is 5.53. The first-order chi connectivity index (χ1) is 10.7. The molecule has 5 nitrogen and oxygen atoms in total. The van der Waals surface area contributed by atoms with Gasteiger partial charge in [0.25, 0.3) is 0 Å². The van der Waals surface area contributed by atoms with Crippen LogP contribution in [0.5, 0.6) is 0 Å². The van der Waals surface area contributed by atoms with E-state index in [4.69, 9.17) is 0 Å². The van der Waals surface area contributed by atoms with Gasteiger partial charge in [0.1, 0.15) is 17.8 Å². The molecule has 0 bridgehead atoms. The van der Waals surface area contributed by atoms with Gasteiger partial charge in [0.2, 0.25) is 0 Å². The quantitative estimate of drug-likeness (QED) is 0.922. The Balaban J connectivity index is 1.60. The van der Waals surface area contributed by atoms with Crippen molar-refractivity contribution in [2.75, 3.05) is 31.6 Å². The number of likely N-dealkylation sites (tertiary alicyclic amines) is 1. The van der Waals surface area contributed by atoms with Gasteiger partial charge in [0, 0.05) is 37.8 Å². The summed E-state index contributed by atoms with van der Waals surface area (Å²) in [5.74, 6) is 1.07. The van der Waals surface area contributed by atoms with Gasteiger partial charge in [-0.2, -0.15) is 0 Å². The lowest BCUT2D eigenvalue weighted by Gasteiger charge is -2.30. The summed E-state index contributed by atoms with van der Waals surface area (Å²) in [5, 5.41) is 1.13. The van der Waals surface area contributed by atoms with Crippen LogP contribution in [0.4, 0.5) is 5.82 Å². The van der Waals surface area contributed by atoms with Gasteiger partial charge >= 0.3 is 0 Å². The Hall–Kier alpha value is -1.62. The number of H-pyrrole nitrogens is 1. The van der Waals surface area contributed by atoms with Gasteiger partial charge in [0.05, 0.1) is 5.39 Å². The summed E-state index contributed by atoms with van der Waals surface area (Å²) >= 11 is 0. The zero-order chi connectivity index (χ0) is 15.2. The molecule has 4 rings (SSSR count). The lowest BCUT2D eigenvalue weighted by Crippen LogP contribution is -2.40. The second kappa shape index (κ2) is 5.23. The fraction of sp³-hybridized carbons (Fsp3) is 0.647. The van der Waals surface area contributed by atoms with Gasteiger partial charge in [-0.3, -0.25) is 0 Å². The highest BCUT2D eigenvalue weighted by Gasteiger charge is 2.56. The van der Waals surface area contributed by atoms with Crippen LogP contribution in [0.15, 0.2) is 18.6 Å². The molecule has 22 heavy (non-hydrogen) atoms. The third-order valence-electron chi connectivity index (χ3n) is 5.53. The van der Waals surface area contributed by atoms with E-state index in [0.29, 0.717) is 11.5 Å². The van der Waals surface area contributed by atoms with Crippen molar-refractivity contribution in [1.29, 1.82) is 0 Å². The number of hydrogen-bond donors (Lipinski definition) is 1. The molecule has 2 aromatic heterocycles. The van der Waals surface area contributed by atoms with E-state index < -0.39 is 0 Å². The van der Waals surface area contributed by atoms with Crippen molar-refractivity contribution in [3.8, 4) is 0 Å². The van der Waals surface area contributed by atoms with Crippen molar-refractivity contribution >= 4 is 16.9 Å². The van der Waals surface area contributed by atoms with Gasteiger partial charge in [-0.15, -0.1) is 0 Å². The number of hydrogen-bond acceptors (Lipinski definition) is 4. The third kappa shape index (κ3) is 2.19. The van der Waals surface area contributed by atoms with E-state index in [1.165, 1.54) is 45.3 Å². The number of rotatable bonds is 5. The lowest BCUT2D eigenvalue weighted by molar-refractivity contribution is 0.314. The van der Waals surface area contributed by atoms with E-state index in [0.717, 1.165) is 16.9 Å². The first-order valence-corrected chi connectivity index (χ1v) is 8.47. The maximum atomic E-state index is 4.58. The van der Waals surface area contributed by atoms with Crippen molar-refractivity contribution in [1.82, 2.24) is 19.9 Å². The minimum absolute atomic E-state index is 0.510. The smallest absolute Gasteiger partial charge is 0.142 e. The van der Waals surface area contributed by atoms with E-state index in [2.05, 4.69) is 44.8 Å². The SMILES string of the molecule is CCCCN1CC(N(C)c2ncnc3[nH]ccc23)C2(CC2)C1. The molecule has 1 N–H and O–H groups in total. The first-order valence-electron chi connectivity index (χ1n) is 8.47. The molecule has 1 unspecified atom stereocenters. The van der Waals surface area contributed by atoms with Crippen molar-refractivity contribution in [3.05, 3.63) is 18.6 Å². The monoisotopic (exact) mass is 299 g/mol. The second-order valence-corrected chi connectivity index (χ2v) is 7.01. The molecule has 0 amide bonds. The second-order valence-electron chi connectivity index (χ2n) is 7.01. The summed E-state index contributed by atoms with van der Waals surface area (Å²) in [6, 6.07) is 2.67. The molecule has 2 fully saturated rings. The van der Waals surface area contributed by atoms with Crippen molar-refractivity contribution in [3.63, 3.8) is 0 Å². The zero-order valence-corrected chi connectivity index (χ0v) is 13.5. The Morgan fingerprint density at radius 3 is 3.05 bits per heavy atom. The summed E-state index contributed by atoms with van der Waals surface area (Å²) in [5.41, 5.74) is 1.44. The number of fused-ring (bicyclic) bond motifs is 1. The van der Waals surface area contributed by atoms with E-state index in [-0.39, 0.29) is 0 Å². The van der Waals surface area contributed by atoms with Crippen LogP contribution >= 0.6 is 0 Å². The molecule has 1 saturated heterocycles. The molecule has 1 aliphatic carbocycles. The molecule has 0 aromatic carbocycles. The molecule has 2 aromatic rings. The molecule has 3 heterocycles. The predicted octanol–water partition coefficient (Wildman–Crippen LogP) is 2.66. The minimum Gasteiger partial charge on any atom is -0.354 e. The van der Waals surface area contributed by atoms with Gasteiger partial charge in [0.15, 0.2) is 0 Å². The fourth-order valence-corrected chi connectivity index (χ4v) is 4.08. The van der Waals surface area contributed by atoms with E-state index >= 15 is 0 Å². The number of aromatic amines is 1. The van der Waals surface area contributed by atoms with Crippen LogP contribution in [-0.4, -0.2) is 52.6 Å². The number of anilines is 1. The molecule has 5 heteroatoms. The number of nitrogens with zero attached hydrogens (tertiary/aromatic N) is 4. The Kier molecular flexibility index (Phi) is 3.33. The van der Waals surface area contributed by atoms with Gasteiger partial charge in [-0.1, -0.05) is 13.3 Å². The van der Waals surface area contributed by atoms with Crippen LogP contribution in [-0.2, 0) is 0 Å². The molecule has 1 saturated carbocycles. The van der Waals surface area contributed by atoms with Crippen LogP contribution in [0.2, 0.25) is 0 Å².